The average Bonchev–Trinajstić information content (AvgIpc) is 2.77. The fraction of sp³-hybridized carbons (Fsp3) is 0.200. The van der Waals surface area contributed by atoms with Gasteiger partial charge in [-0.2, -0.15) is 0 Å². The van der Waals surface area contributed by atoms with Crippen molar-refractivity contribution in [2.45, 2.75) is 6.54 Å². The van der Waals surface area contributed by atoms with Gasteiger partial charge in [0.15, 0.2) is 0 Å². The summed E-state index contributed by atoms with van der Waals surface area (Å²) in [4.78, 5) is 5.26. The van der Waals surface area contributed by atoms with Crippen molar-refractivity contribution in [1.82, 2.24) is 9.88 Å². The van der Waals surface area contributed by atoms with E-state index in [9.17, 15) is 0 Å². The maximum atomic E-state index is 5.32. The van der Waals surface area contributed by atoms with Crippen LogP contribution in [-0.4, -0.2) is 23.0 Å². The Morgan fingerprint density at radius 2 is 1.88 bits per heavy atom. The Morgan fingerprint density at radius 3 is 2.59 bits per heavy atom. The first-order chi connectivity index (χ1) is 8.33. The van der Waals surface area contributed by atoms with Crippen molar-refractivity contribution in [2.75, 3.05) is 13.1 Å². The summed E-state index contributed by atoms with van der Waals surface area (Å²) < 4.78 is 0. The van der Waals surface area contributed by atoms with Gasteiger partial charge in [-0.15, -0.1) is 12.8 Å². The molecule has 1 heterocycles. The van der Waals surface area contributed by atoms with Gasteiger partial charge in [-0.1, -0.05) is 24.0 Å². The Labute approximate surface area is 102 Å². The van der Waals surface area contributed by atoms with E-state index in [1.165, 1.54) is 10.9 Å². The number of terminal acetylenes is 2. The second-order valence-corrected chi connectivity index (χ2v) is 3.95. The lowest BCUT2D eigenvalue weighted by atomic mass is 10.1. The Morgan fingerprint density at radius 1 is 1.12 bits per heavy atom. The second kappa shape index (κ2) is 5.25. The van der Waals surface area contributed by atoms with Gasteiger partial charge in [0, 0.05) is 18.3 Å². The molecule has 0 aliphatic carbocycles. The van der Waals surface area contributed by atoms with Gasteiger partial charge in [-0.05, 0) is 23.1 Å². The molecule has 0 bridgehead atoms. The molecule has 0 saturated carbocycles. The van der Waals surface area contributed by atoms with Crippen LogP contribution in [0.4, 0.5) is 0 Å². The molecule has 0 spiro atoms. The van der Waals surface area contributed by atoms with Gasteiger partial charge < -0.3 is 4.98 Å². The SMILES string of the molecule is C#CCN(CC#C)Cc1ccc2cc[nH]c2c1. The number of aromatic nitrogens is 1. The summed E-state index contributed by atoms with van der Waals surface area (Å²) in [6, 6.07) is 8.40. The van der Waals surface area contributed by atoms with E-state index in [1.807, 2.05) is 6.20 Å². The Bertz CT molecular complexity index is 565. The number of hydrogen-bond donors (Lipinski definition) is 1. The molecule has 84 valence electrons. The Kier molecular flexibility index (Phi) is 3.50. The predicted octanol–water partition coefficient (Wildman–Crippen LogP) is 2.24. The second-order valence-electron chi connectivity index (χ2n) is 3.95. The maximum absolute atomic E-state index is 5.32. The summed E-state index contributed by atoms with van der Waals surface area (Å²) in [6.45, 7) is 1.93. The molecule has 0 fully saturated rings. The fourth-order valence-corrected chi connectivity index (χ4v) is 1.88. The van der Waals surface area contributed by atoms with Gasteiger partial charge in [0.25, 0.3) is 0 Å². The third-order valence-corrected chi connectivity index (χ3v) is 2.66. The quantitative estimate of drug-likeness (QED) is 0.786. The molecular formula is C15H14N2. The molecule has 0 atom stereocenters. The number of nitrogens with zero attached hydrogens (tertiary/aromatic N) is 1. The zero-order chi connectivity index (χ0) is 12.1. The molecule has 1 aromatic heterocycles. The zero-order valence-electron chi connectivity index (χ0n) is 9.61. The number of fused-ring (bicyclic) bond motifs is 1. The highest BCUT2D eigenvalue weighted by Crippen LogP contribution is 2.15. The summed E-state index contributed by atoms with van der Waals surface area (Å²) in [5.41, 5.74) is 2.36. The maximum Gasteiger partial charge on any atom is 0.0610 e. The van der Waals surface area contributed by atoms with Gasteiger partial charge in [0.2, 0.25) is 0 Å². The standard InChI is InChI=1S/C15H14N2/c1-3-9-17(10-4-2)12-13-5-6-14-7-8-16-15(14)11-13/h1-2,5-8,11,16H,9-10,12H2. The van der Waals surface area contributed by atoms with Crippen LogP contribution in [0.2, 0.25) is 0 Å². The van der Waals surface area contributed by atoms with Crippen molar-refractivity contribution in [3.8, 4) is 24.7 Å². The lowest BCUT2D eigenvalue weighted by Crippen LogP contribution is -2.23. The van der Waals surface area contributed by atoms with Crippen molar-refractivity contribution in [3.63, 3.8) is 0 Å². The largest absolute Gasteiger partial charge is 0.361 e. The summed E-state index contributed by atoms with van der Waals surface area (Å²) in [6.07, 6.45) is 12.6. The molecule has 0 aliphatic heterocycles. The highest BCUT2D eigenvalue weighted by Gasteiger charge is 2.04. The van der Waals surface area contributed by atoms with Crippen LogP contribution in [0, 0.1) is 24.7 Å². The molecular weight excluding hydrogens is 208 g/mol. The Hall–Kier alpha value is -2.16. The van der Waals surface area contributed by atoms with Crippen LogP contribution in [-0.2, 0) is 6.54 Å². The summed E-state index contributed by atoms with van der Waals surface area (Å²) in [5.74, 6) is 5.26. The first-order valence-corrected chi connectivity index (χ1v) is 5.49. The van der Waals surface area contributed by atoms with Crippen LogP contribution in [0.1, 0.15) is 5.56 Å². The first-order valence-electron chi connectivity index (χ1n) is 5.49. The minimum atomic E-state index is 0.576. The van der Waals surface area contributed by atoms with E-state index in [4.69, 9.17) is 12.8 Å². The van der Waals surface area contributed by atoms with E-state index >= 15 is 0 Å². The number of rotatable bonds is 4. The van der Waals surface area contributed by atoms with Crippen LogP contribution in [0.3, 0.4) is 0 Å². The van der Waals surface area contributed by atoms with E-state index in [0.717, 1.165) is 12.1 Å². The number of H-pyrrole nitrogens is 1. The number of benzene rings is 1. The van der Waals surface area contributed by atoms with Gasteiger partial charge in [0.05, 0.1) is 13.1 Å². The minimum absolute atomic E-state index is 0.576. The summed E-state index contributed by atoms with van der Waals surface area (Å²) in [5, 5.41) is 1.22. The molecule has 0 amide bonds. The van der Waals surface area contributed by atoms with Crippen molar-refractivity contribution < 1.29 is 0 Å². The van der Waals surface area contributed by atoms with Crippen LogP contribution in [0.5, 0.6) is 0 Å². The molecule has 0 unspecified atom stereocenters. The smallest absolute Gasteiger partial charge is 0.0610 e. The summed E-state index contributed by atoms with van der Waals surface area (Å²) >= 11 is 0. The van der Waals surface area contributed by atoms with Crippen molar-refractivity contribution in [1.29, 1.82) is 0 Å². The van der Waals surface area contributed by atoms with Crippen LogP contribution >= 0.6 is 0 Å². The molecule has 0 aliphatic rings. The third-order valence-electron chi connectivity index (χ3n) is 2.66. The highest BCUT2D eigenvalue weighted by atomic mass is 15.1. The van der Waals surface area contributed by atoms with E-state index < -0.39 is 0 Å². The topological polar surface area (TPSA) is 19.0 Å². The highest BCUT2D eigenvalue weighted by molar-refractivity contribution is 5.79. The number of hydrogen-bond acceptors (Lipinski definition) is 1. The van der Waals surface area contributed by atoms with Crippen molar-refractivity contribution in [2.24, 2.45) is 0 Å². The van der Waals surface area contributed by atoms with E-state index in [1.54, 1.807) is 0 Å². The molecule has 1 aromatic carbocycles. The van der Waals surface area contributed by atoms with E-state index in [-0.39, 0.29) is 0 Å². The van der Waals surface area contributed by atoms with E-state index in [0.29, 0.717) is 13.1 Å². The molecule has 0 radical (unpaired) electrons. The fourth-order valence-electron chi connectivity index (χ4n) is 1.88. The molecule has 17 heavy (non-hydrogen) atoms. The number of aromatic amines is 1. The Balaban J connectivity index is 2.16. The normalized spacial score (nSPS) is 10.3. The third kappa shape index (κ3) is 2.69. The van der Waals surface area contributed by atoms with Crippen molar-refractivity contribution in [3.05, 3.63) is 36.0 Å². The number of nitrogens with one attached hydrogen (secondary N) is 1. The monoisotopic (exact) mass is 222 g/mol. The molecule has 1 N–H and O–H groups in total. The van der Waals surface area contributed by atoms with Crippen LogP contribution < -0.4 is 0 Å². The molecule has 2 heteroatoms. The van der Waals surface area contributed by atoms with Crippen LogP contribution in [0.15, 0.2) is 30.5 Å². The van der Waals surface area contributed by atoms with Gasteiger partial charge in [-0.25, -0.2) is 0 Å². The molecule has 2 aromatic rings. The van der Waals surface area contributed by atoms with Crippen molar-refractivity contribution >= 4 is 10.9 Å². The average molecular weight is 222 g/mol. The van der Waals surface area contributed by atoms with Gasteiger partial charge in [0.1, 0.15) is 0 Å². The van der Waals surface area contributed by atoms with Gasteiger partial charge >= 0.3 is 0 Å². The lowest BCUT2D eigenvalue weighted by Gasteiger charge is -2.16. The predicted molar refractivity (Wildman–Crippen MR) is 71.2 cm³/mol. The van der Waals surface area contributed by atoms with E-state index in [2.05, 4.69) is 46.0 Å². The first kappa shape index (κ1) is 11.3. The van der Waals surface area contributed by atoms with Gasteiger partial charge in [-0.3, -0.25) is 4.90 Å². The zero-order valence-corrected chi connectivity index (χ0v) is 9.61. The van der Waals surface area contributed by atoms with Crippen LogP contribution in [0.25, 0.3) is 10.9 Å². The molecule has 2 rings (SSSR count). The lowest BCUT2D eigenvalue weighted by molar-refractivity contribution is 0.338. The molecule has 2 nitrogen and oxygen atoms in total. The minimum Gasteiger partial charge on any atom is -0.361 e. The summed E-state index contributed by atoms with van der Waals surface area (Å²) in [7, 11) is 0. The molecule has 0 saturated heterocycles.